The average Bonchev–Trinajstić information content (AvgIpc) is 2.47. The summed E-state index contributed by atoms with van der Waals surface area (Å²) in [6.07, 6.45) is 1.21. The lowest BCUT2D eigenvalue weighted by atomic mass is 10.0. The summed E-state index contributed by atoms with van der Waals surface area (Å²) in [5.74, 6) is -1.00. The third-order valence-corrected chi connectivity index (χ3v) is 3.84. The van der Waals surface area contributed by atoms with Gasteiger partial charge < -0.3 is 14.7 Å². The van der Waals surface area contributed by atoms with E-state index in [1.54, 1.807) is 17.0 Å². The fourth-order valence-electron chi connectivity index (χ4n) is 2.41. The van der Waals surface area contributed by atoms with Crippen molar-refractivity contribution in [3.8, 4) is 0 Å². The number of amides is 1. The number of carbonyl (C=O) groups excluding carboxylic acids is 1. The Kier molecular flexibility index (Phi) is 5.20. The van der Waals surface area contributed by atoms with Gasteiger partial charge in [0.25, 0.3) is 5.91 Å². The van der Waals surface area contributed by atoms with Gasteiger partial charge in [-0.1, -0.05) is 17.7 Å². The third kappa shape index (κ3) is 4.19. The molecule has 0 atom stereocenters. The molecule has 0 unspecified atom stereocenters. The van der Waals surface area contributed by atoms with E-state index in [9.17, 15) is 9.59 Å². The van der Waals surface area contributed by atoms with Gasteiger partial charge in [0.2, 0.25) is 0 Å². The van der Waals surface area contributed by atoms with Crippen LogP contribution in [0.25, 0.3) is 0 Å². The molecule has 1 saturated heterocycles. The maximum absolute atomic E-state index is 12.5. The van der Waals surface area contributed by atoms with E-state index in [2.05, 4.69) is 0 Å². The molecule has 0 saturated carbocycles. The first-order valence-electron chi connectivity index (χ1n) is 6.86. The number of carboxylic acid groups (broad SMARTS) is 1. The molecule has 0 spiro atoms. The predicted octanol–water partition coefficient (Wildman–Crippen LogP) is 2.35. The summed E-state index contributed by atoms with van der Waals surface area (Å²) in [5, 5.41) is 9.13. The summed E-state index contributed by atoms with van der Waals surface area (Å²) in [6.45, 7) is 2.72. The summed E-state index contributed by atoms with van der Waals surface area (Å²) in [5.41, 5.74) is 1.51. The Morgan fingerprint density at radius 3 is 2.67 bits per heavy atom. The Bertz CT molecular complexity index is 538. The number of ether oxygens (including phenoxy) is 1. The monoisotopic (exact) mass is 311 g/mol. The van der Waals surface area contributed by atoms with Gasteiger partial charge in [-0.25, -0.2) is 4.79 Å². The number of hydrogen-bond donors (Lipinski definition) is 1. The van der Waals surface area contributed by atoms with Gasteiger partial charge in [0, 0.05) is 23.7 Å². The molecule has 1 aromatic carbocycles. The molecule has 21 heavy (non-hydrogen) atoms. The summed E-state index contributed by atoms with van der Waals surface area (Å²) in [7, 11) is 0. The predicted molar refractivity (Wildman–Crippen MR) is 78.7 cm³/mol. The zero-order valence-electron chi connectivity index (χ0n) is 11.8. The maximum atomic E-state index is 12.5. The van der Waals surface area contributed by atoms with E-state index in [1.807, 2.05) is 13.0 Å². The minimum absolute atomic E-state index is 0.0355. The van der Waals surface area contributed by atoms with Gasteiger partial charge in [0.1, 0.15) is 6.61 Å². The van der Waals surface area contributed by atoms with Crippen LogP contribution in [0.15, 0.2) is 18.2 Å². The fraction of sp³-hybridized carbons (Fsp3) is 0.467. The van der Waals surface area contributed by atoms with Crippen LogP contribution in [0.2, 0.25) is 5.02 Å². The minimum Gasteiger partial charge on any atom is -0.480 e. The van der Waals surface area contributed by atoms with Crippen molar-refractivity contribution in [1.29, 1.82) is 0 Å². The van der Waals surface area contributed by atoms with Crippen molar-refractivity contribution < 1.29 is 19.4 Å². The molecule has 1 heterocycles. The minimum atomic E-state index is -0.969. The van der Waals surface area contributed by atoms with Crippen LogP contribution in [0, 0.1) is 6.92 Å². The Hall–Kier alpha value is -1.59. The Morgan fingerprint density at radius 1 is 1.38 bits per heavy atom. The van der Waals surface area contributed by atoms with Crippen molar-refractivity contribution in [2.75, 3.05) is 19.7 Å². The molecule has 0 radical (unpaired) electrons. The van der Waals surface area contributed by atoms with Gasteiger partial charge in [-0.2, -0.15) is 0 Å². The largest absolute Gasteiger partial charge is 0.480 e. The molecule has 2 rings (SSSR count). The smallest absolute Gasteiger partial charge is 0.329 e. The zero-order chi connectivity index (χ0) is 15.4. The number of piperidine rings is 1. The maximum Gasteiger partial charge on any atom is 0.329 e. The van der Waals surface area contributed by atoms with Crippen LogP contribution in [-0.4, -0.2) is 47.7 Å². The molecule has 6 heteroatoms. The summed E-state index contributed by atoms with van der Waals surface area (Å²) < 4.78 is 5.26. The van der Waals surface area contributed by atoms with E-state index in [0.717, 1.165) is 5.56 Å². The molecule has 1 aromatic rings. The number of carbonyl (C=O) groups is 2. The van der Waals surface area contributed by atoms with Crippen molar-refractivity contribution >= 4 is 23.5 Å². The second-order valence-corrected chi connectivity index (χ2v) is 5.59. The molecule has 1 aliphatic rings. The number of likely N-dealkylation sites (tertiary alicyclic amines) is 1. The van der Waals surface area contributed by atoms with E-state index in [1.165, 1.54) is 0 Å². The normalized spacial score (nSPS) is 16.0. The van der Waals surface area contributed by atoms with E-state index in [4.69, 9.17) is 21.4 Å². The van der Waals surface area contributed by atoms with Crippen LogP contribution in [0.1, 0.15) is 28.8 Å². The molecule has 114 valence electrons. The highest BCUT2D eigenvalue weighted by atomic mass is 35.5. The number of aryl methyl sites for hydroxylation is 1. The summed E-state index contributed by atoms with van der Waals surface area (Å²) in [4.78, 5) is 24.7. The Labute approximate surface area is 128 Å². The lowest BCUT2D eigenvalue weighted by molar-refractivity contribution is -0.145. The summed E-state index contributed by atoms with van der Waals surface area (Å²) >= 11 is 5.95. The van der Waals surface area contributed by atoms with Crippen LogP contribution >= 0.6 is 11.6 Å². The molecular formula is C15H18ClNO4. The lowest BCUT2D eigenvalue weighted by Crippen LogP contribution is -2.41. The van der Waals surface area contributed by atoms with Crippen molar-refractivity contribution in [1.82, 2.24) is 4.90 Å². The number of aliphatic carboxylic acids is 1. The number of hydrogen-bond acceptors (Lipinski definition) is 3. The molecule has 1 aliphatic heterocycles. The van der Waals surface area contributed by atoms with Crippen LogP contribution in [0.5, 0.6) is 0 Å². The van der Waals surface area contributed by atoms with Gasteiger partial charge >= 0.3 is 5.97 Å². The molecule has 0 aliphatic carbocycles. The van der Waals surface area contributed by atoms with Gasteiger partial charge in [-0.3, -0.25) is 4.79 Å². The standard InChI is InChI=1S/C15H18ClNO4/c1-10-2-3-11(16)8-13(10)15(20)17-6-4-12(5-7-17)21-9-14(18)19/h2-3,8,12H,4-7,9H2,1H3,(H,18,19). The van der Waals surface area contributed by atoms with Gasteiger partial charge in [0.05, 0.1) is 6.10 Å². The Morgan fingerprint density at radius 2 is 2.05 bits per heavy atom. The summed E-state index contributed by atoms with van der Waals surface area (Å²) in [6, 6.07) is 5.28. The van der Waals surface area contributed by atoms with Crippen LogP contribution < -0.4 is 0 Å². The van der Waals surface area contributed by atoms with E-state index >= 15 is 0 Å². The second kappa shape index (κ2) is 6.91. The quantitative estimate of drug-likeness (QED) is 0.927. The van der Waals surface area contributed by atoms with Crippen molar-refractivity contribution in [3.63, 3.8) is 0 Å². The highest BCUT2D eigenvalue weighted by Gasteiger charge is 2.25. The number of benzene rings is 1. The van der Waals surface area contributed by atoms with E-state index in [0.29, 0.717) is 36.5 Å². The zero-order valence-corrected chi connectivity index (χ0v) is 12.6. The van der Waals surface area contributed by atoms with Crippen LogP contribution in [0.3, 0.4) is 0 Å². The first kappa shape index (κ1) is 15.8. The number of nitrogens with zero attached hydrogens (tertiary/aromatic N) is 1. The molecule has 0 bridgehead atoms. The molecule has 1 N–H and O–H groups in total. The van der Waals surface area contributed by atoms with Crippen molar-refractivity contribution in [2.45, 2.75) is 25.9 Å². The van der Waals surface area contributed by atoms with Gasteiger partial charge in [-0.05, 0) is 37.5 Å². The topological polar surface area (TPSA) is 66.8 Å². The molecule has 5 nitrogen and oxygen atoms in total. The van der Waals surface area contributed by atoms with Gasteiger partial charge in [-0.15, -0.1) is 0 Å². The van der Waals surface area contributed by atoms with E-state index < -0.39 is 5.97 Å². The Balaban J connectivity index is 1.94. The van der Waals surface area contributed by atoms with Gasteiger partial charge in [0.15, 0.2) is 0 Å². The molecule has 0 aromatic heterocycles. The van der Waals surface area contributed by atoms with Crippen LogP contribution in [0.4, 0.5) is 0 Å². The third-order valence-electron chi connectivity index (χ3n) is 3.60. The average molecular weight is 312 g/mol. The highest BCUT2D eigenvalue weighted by Crippen LogP contribution is 2.20. The number of carboxylic acids is 1. The fourth-order valence-corrected chi connectivity index (χ4v) is 2.58. The molecule has 1 fully saturated rings. The molecule has 1 amide bonds. The first-order valence-corrected chi connectivity index (χ1v) is 7.24. The highest BCUT2D eigenvalue weighted by molar-refractivity contribution is 6.31. The molecular weight excluding hydrogens is 294 g/mol. The number of halogens is 1. The number of rotatable bonds is 4. The SMILES string of the molecule is Cc1ccc(Cl)cc1C(=O)N1CCC(OCC(=O)O)CC1. The van der Waals surface area contributed by atoms with E-state index in [-0.39, 0.29) is 18.6 Å². The second-order valence-electron chi connectivity index (χ2n) is 5.16. The van der Waals surface area contributed by atoms with Crippen molar-refractivity contribution in [2.24, 2.45) is 0 Å². The van der Waals surface area contributed by atoms with Crippen molar-refractivity contribution in [3.05, 3.63) is 34.3 Å². The van der Waals surface area contributed by atoms with Crippen LogP contribution in [-0.2, 0) is 9.53 Å². The lowest BCUT2D eigenvalue weighted by Gasteiger charge is -2.32. The first-order chi connectivity index (χ1) is 9.97.